The lowest BCUT2D eigenvalue weighted by Crippen LogP contribution is -2.40. The van der Waals surface area contributed by atoms with Crippen molar-refractivity contribution in [2.45, 2.75) is 25.3 Å². The maximum absolute atomic E-state index is 12.1. The first-order valence-electron chi connectivity index (χ1n) is 5.31. The molecule has 1 aromatic carbocycles. The molecule has 1 aromatic rings. The molecule has 0 aromatic heterocycles. The van der Waals surface area contributed by atoms with Crippen LogP contribution in [0.5, 0.6) is 0 Å². The van der Waals surface area contributed by atoms with E-state index in [4.69, 9.17) is 0 Å². The lowest BCUT2D eigenvalue weighted by molar-refractivity contribution is 0.0926. The average Bonchev–Trinajstić information content (AvgIpc) is 2.30. The fourth-order valence-electron chi connectivity index (χ4n) is 1.92. The normalized spacial score (nSPS) is 21.3. The van der Waals surface area contributed by atoms with Gasteiger partial charge in [0, 0.05) is 10.0 Å². The number of carbonyl (C=O) groups is 1. The maximum atomic E-state index is 12.1. The van der Waals surface area contributed by atoms with Crippen LogP contribution in [0.25, 0.3) is 0 Å². The number of carbonyl (C=O) groups excluding carboxylic acids is 1. The highest BCUT2D eigenvalue weighted by Gasteiger charge is 2.22. The van der Waals surface area contributed by atoms with Gasteiger partial charge < -0.3 is 5.32 Å². The number of halogens is 1. The van der Waals surface area contributed by atoms with E-state index in [2.05, 4.69) is 21.2 Å². The van der Waals surface area contributed by atoms with Gasteiger partial charge in [0.2, 0.25) is 0 Å². The average molecular weight is 268 g/mol. The summed E-state index contributed by atoms with van der Waals surface area (Å²) in [5, 5.41) is 3.27. The molecule has 2 nitrogen and oxygen atoms in total. The number of ketones is 1. The van der Waals surface area contributed by atoms with E-state index in [9.17, 15) is 4.79 Å². The number of rotatable bonds is 2. The topological polar surface area (TPSA) is 29.1 Å². The zero-order chi connectivity index (χ0) is 10.7. The van der Waals surface area contributed by atoms with Crippen molar-refractivity contribution in [2.75, 3.05) is 6.54 Å². The summed E-state index contributed by atoms with van der Waals surface area (Å²) in [5.41, 5.74) is 0.789. The molecule has 1 atom stereocenters. The van der Waals surface area contributed by atoms with Gasteiger partial charge in [0.25, 0.3) is 0 Å². The van der Waals surface area contributed by atoms with Crippen LogP contribution in [0.4, 0.5) is 0 Å². The Morgan fingerprint density at radius 1 is 1.33 bits per heavy atom. The second-order valence-electron chi connectivity index (χ2n) is 3.85. The molecule has 15 heavy (non-hydrogen) atoms. The summed E-state index contributed by atoms with van der Waals surface area (Å²) >= 11 is 3.41. The van der Waals surface area contributed by atoms with Crippen molar-refractivity contribution in [1.82, 2.24) is 5.32 Å². The Hall–Kier alpha value is -0.670. The van der Waals surface area contributed by atoms with Gasteiger partial charge in [0.05, 0.1) is 6.04 Å². The van der Waals surface area contributed by atoms with Crippen LogP contribution in [0, 0.1) is 0 Å². The van der Waals surface area contributed by atoms with E-state index in [-0.39, 0.29) is 11.8 Å². The second kappa shape index (κ2) is 4.90. The number of hydrogen-bond donors (Lipinski definition) is 1. The highest BCUT2D eigenvalue weighted by molar-refractivity contribution is 9.10. The van der Waals surface area contributed by atoms with Gasteiger partial charge in [-0.3, -0.25) is 4.79 Å². The minimum Gasteiger partial charge on any atom is -0.307 e. The van der Waals surface area contributed by atoms with Crippen LogP contribution < -0.4 is 5.32 Å². The summed E-state index contributed by atoms with van der Waals surface area (Å²) < 4.78 is 0.891. The van der Waals surface area contributed by atoms with Crippen molar-refractivity contribution >= 4 is 21.7 Å². The third-order valence-corrected chi connectivity index (χ3v) is 3.46. The summed E-state index contributed by atoms with van der Waals surface area (Å²) in [6.45, 7) is 0.959. The zero-order valence-electron chi connectivity index (χ0n) is 8.50. The summed E-state index contributed by atoms with van der Waals surface area (Å²) in [6, 6.07) is 7.63. The van der Waals surface area contributed by atoms with Crippen molar-refractivity contribution in [3.05, 3.63) is 34.3 Å². The predicted molar refractivity (Wildman–Crippen MR) is 64.1 cm³/mol. The monoisotopic (exact) mass is 267 g/mol. The van der Waals surface area contributed by atoms with E-state index in [1.54, 1.807) is 0 Å². The predicted octanol–water partition coefficient (Wildman–Crippen LogP) is 2.77. The molecule has 0 aliphatic carbocycles. The Kier molecular flexibility index (Phi) is 3.54. The Bertz CT molecular complexity index is 358. The van der Waals surface area contributed by atoms with Crippen molar-refractivity contribution in [3.8, 4) is 0 Å². The number of piperidine rings is 1. The lowest BCUT2D eigenvalue weighted by atomic mass is 9.96. The molecule has 0 bridgehead atoms. The van der Waals surface area contributed by atoms with Gasteiger partial charge in [-0.1, -0.05) is 40.5 Å². The molecule has 1 fully saturated rings. The molecule has 3 heteroatoms. The molecule has 1 aliphatic heterocycles. The largest absolute Gasteiger partial charge is 0.307 e. The Morgan fingerprint density at radius 3 is 2.80 bits per heavy atom. The van der Waals surface area contributed by atoms with Gasteiger partial charge in [-0.25, -0.2) is 0 Å². The van der Waals surface area contributed by atoms with Crippen LogP contribution in [0.1, 0.15) is 29.6 Å². The van der Waals surface area contributed by atoms with Crippen molar-refractivity contribution in [1.29, 1.82) is 0 Å². The van der Waals surface area contributed by atoms with Gasteiger partial charge >= 0.3 is 0 Å². The van der Waals surface area contributed by atoms with E-state index in [1.165, 1.54) is 6.42 Å². The molecule has 1 N–H and O–H groups in total. The fraction of sp³-hybridized carbons (Fsp3) is 0.417. The van der Waals surface area contributed by atoms with Crippen LogP contribution in [0.2, 0.25) is 0 Å². The van der Waals surface area contributed by atoms with Crippen LogP contribution >= 0.6 is 15.9 Å². The number of hydrogen-bond acceptors (Lipinski definition) is 2. The number of nitrogens with one attached hydrogen (secondary N) is 1. The standard InChI is InChI=1S/C12H14BrNO/c13-10-6-2-1-5-9(10)12(15)11-7-3-4-8-14-11/h1-2,5-6,11,14H,3-4,7-8H2. The zero-order valence-corrected chi connectivity index (χ0v) is 10.1. The highest BCUT2D eigenvalue weighted by Crippen LogP contribution is 2.20. The molecule has 0 radical (unpaired) electrons. The molecule has 1 unspecified atom stereocenters. The molecule has 0 spiro atoms. The summed E-state index contributed by atoms with van der Waals surface area (Å²) in [7, 11) is 0. The van der Waals surface area contributed by atoms with Gasteiger partial charge in [-0.2, -0.15) is 0 Å². The van der Waals surface area contributed by atoms with E-state index >= 15 is 0 Å². The maximum Gasteiger partial charge on any atom is 0.180 e. The van der Waals surface area contributed by atoms with Crippen LogP contribution in [0.15, 0.2) is 28.7 Å². The Morgan fingerprint density at radius 2 is 2.13 bits per heavy atom. The molecule has 2 rings (SSSR count). The molecule has 0 saturated carbocycles. The number of Topliss-reactive ketones (excluding diaryl/α,β-unsaturated/α-hetero) is 1. The molecular formula is C12H14BrNO. The second-order valence-corrected chi connectivity index (χ2v) is 4.70. The lowest BCUT2D eigenvalue weighted by Gasteiger charge is -2.22. The summed E-state index contributed by atoms with van der Waals surface area (Å²) in [5.74, 6) is 0.210. The molecule has 1 heterocycles. The minimum atomic E-state index is 0.0115. The Balaban J connectivity index is 2.16. The third-order valence-electron chi connectivity index (χ3n) is 2.77. The van der Waals surface area contributed by atoms with E-state index in [0.717, 1.165) is 29.4 Å². The quantitative estimate of drug-likeness (QED) is 0.836. The van der Waals surface area contributed by atoms with Crippen molar-refractivity contribution < 1.29 is 4.79 Å². The third kappa shape index (κ3) is 2.47. The van der Waals surface area contributed by atoms with Gasteiger partial charge in [-0.05, 0) is 25.5 Å². The van der Waals surface area contributed by atoms with Crippen LogP contribution in [-0.2, 0) is 0 Å². The minimum absolute atomic E-state index is 0.0115. The first-order chi connectivity index (χ1) is 7.29. The Labute approximate surface area is 98.2 Å². The first kappa shape index (κ1) is 10.8. The van der Waals surface area contributed by atoms with E-state index in [1.807, 2.05) is 24.3 Å². The van der Waals surface area contributed by atoms with Crippen LogP contribution in [0.3, 0.4) is 0 Å². The van der Waals surface area contributed by atoms with Gasteiger partial charge in [0.15, 0.2) is 5.78 Å². The summed E-state index contributed by atoms with van der Waals surface area (Å²) in [4.78, 5) is 12.1. The first-order valence-corrected chi connectivity index (χ1v) is 6.10. The number of benzene rings is 1. The molecular weight excluding hydrogens is 254 g/mol. The van der Waals surface area contributed by atoms with Crippen LogP contribution in [-0.4, -0.2) is 18.4 Å². The van der Waals surface area contributed by atoms with E-state index in [0.29, 0.717) is 0 Å². The van der Waals surface area contributed by atoms with E-state index < -0.39 is 0 Å². The molecule has 1 saturated heterocycles. The smallest absolute Gasteiger partial charge is 0.180 e. The molecule has 80 valence electrons. The highest BCUT2D eigenvalue weighted by atomic mass is 79.9. The van der Waals surface area contributed by atoms with Gasteiger partial charge in [0.1, 0.15) is 0 Å². The SMILES string of the molecule is O=C(c1ccccc1Br)C1CCCCN1. The molecule has 1 aliphatic rings. The van der Waals surface area contributed by atoms with Gasteiger partial charge in [-0.15, -0.1) is 0 Å². The van der Waals surface area contributed by atoms with Crippen molar-refractivity contribution in [3.63, 3.8) is 0 Å². The van der Waals surface area contributed by atoms with Crippen molar-refractivity contribution in [2.24, 2.45) is 0 Å². The summed E-state index contributed by atoms with van der Waals surface area (Å²) in [6.07, 6.45) is 3.29. The fourth-order valence-corrected chi connectivity index (χ4v) is 2.40. The molecule has 0 amide bonds.